The van der Waals surface area contributed by atoms with Crippen molar-refractivity contribution in [2.75, 3.05) is 39.6 Å². The van der Waals surface area contributed by atoms with Gasteiger partial charge in [0.15, 0.2) is 11.5 Å². The summed E-state index contributed by atoms with van der Waals surface area (Å²) in [5, 5.41) is 9.59. The van der Waals surface area contributed by atoms with E-state index >= 15 is 0 Å². The molecule has 0 atom stereocenters. The van der Waals surface area contributed by atoms with Gasteiger partial charge in [-0.25, -0.2) is 9.59 Å². The molecule has 0 aromatic heterocycles. The van der Waals surface area contributed by atoms with Gasteiger partial charge in [0.25, 0.3) is 0 Å². The molecule has 12 heteroatoms. The van der Waals surface area contributed by atoms with Crippen LogP contribution in [-0.4, -0.2) is 56.7 Å². The molecule has 0 fully saturated rings. The highest BCUT2D eigenvalue weighted by Crippen LogP contribution is 2.37. The van der Waals surface area contributed by atoms with E-state index in [1.165, 1.54) is 12.1 Å². The summed E-state index contributed by atoms with van der Waals surface area (Å²) in [5.74, 6) is 0.125. The fourth-order valence-corrected chi connectivity index (χ4v) is 3.47. The van der Waals surface area contributed by atoms with Crippen molar-refractivity contribution < 1.29 is 43.1 Å². The van der Waals surface area contributed by atoms with Crippen LogP contribution in [0.15, 0.2) is 60.7 Å². The first-order valence-electron chi connectivity index (χ1n) is 11.2. The normalized spacial score (nSPS) is 10.6. The van der Waals surface area contributed by atoms with Crippen molar-refractivity contribution in [1.82, 2.24) is 0 Å². The highest BCUT2D eigenvalue weighted by molar-refractivity contribution is 6.35. The minimum Gasteiger partial charge on any atom is -0.491 e. The molecule has 0 amide bonds. The summed E-state index contributed by atoms with van der Waals surface area (Å²) in [5.41, 5.74) is 0. The van der Waals surface area contributed by atoms with E-state index in [-0.39, 0.29) is 56.2 Å². The Bertz CT molecular complexity index is 1220. The number of hydrogen-bond acceptors (Lipinski definition) is 8. The van der Waals surface area contributed by atoms with Gasteiger partial charge in [0.2, 0.25) is 0 Å². The quantitative estimate of drug-likeness (QED) is 0.132. The maximum atomic E-state index is 12.3. The first-order valence-corrected chi connectivity index (χ1v) is 12.3. The number of carbonyl (C=O) groups excluding carboxylic acids is 1. The second-order valence-electron chi connectivity index (χ2n) is 7.41. The number of benzene rings is 3. The summed E-state index contributed by atoms with van der Waals surface area (Å²) >= 11 is 18.1. The molecule has 9 nitrogen and oxygen atoms in total. The average Bonchev–Trinajstić information content (AvgIpc) is 2.87. The molecular formula is C26H23Cl3O9. The van der Waals surface area contributed by atoms with Crippen molar-refractivity contribution >= 4 is 46.7 Å². The maximum absolute atomic E-state index is 12.3. The van der Waals surface area contributed by atoms with Crippen LogP contribution in [0.2, 0.25) is 15.1 Å². The van der Waals surface area contributed by atoms with Crippen molar-refractivity contribution in [2.24, 2.45) is 0 Å². The first kappa shape index (κ1) is 29.3. The van der Waals surface area contributed by atoms with Crippen LogP contribution >= 0.6 is 34.8 Å². The number of hydrogen-bond donors (Lipinski definition) is 1. The number of esters is 1. The van der Waals surface area contributed by atoms with Crippen LogP contribution in [-0.2, 0) is 19.1 Å². The second kappa shape index (κ2) is 15.3. The fraction of sp³-hybridized carbons (Fsp3) is 0.231. The van der Waals surface area contributed by atoms with Gasteiger partial charge in [-0.15, -0.1) is 0 Å². The summed E-state index contributed by atoms with van der Waals surface area (Å²) in [6.07, 6.45) is 0. The Labute approximate surface area is 233 Å². The standard InChI is InChI=1S/C26H23Cl3O9/c27-17-1-7-22(21(29)13-17)37-23-8-2-18(28)14-24(23)38-26(32)16-34-10-12-36-20-5-3-19(4-6-20)35-11-9-33-15-25(30)31/h1-8,13-14H,9-12,15-16H2,(H,30,31). The van der Waals surface area contributed by atoms with E-state index in [1.807, 2.05) is 0 Å². The van der Waals surface area contributed by atoms with Crippen molar-refractivity contribution in [1.29, 1.82) is 0 Å². The lowest BCUT2D eigenvalue weighted by Gasteiger charge is -2.13. The van der Waals surface area contributed by atoms with Gasteiger partial charge in [0, 0.05) is 16.1 Å². The zero-order valence-electron chi connectivity index (χ0n) is 19.9. The number of aliphatic carboxylic acids is 1. The van der Waals surface area contributed by atoms with E-state index in [2.05, 4.69) is 0 Å². The Morgan fingerprint density at radius 1 is 0.658 bits per heavy atom. The Morgan fingerprint density at radius 2 is 1.21 bits per heavy atom. The van der Waals surface area contributed by atoms with Crippen molar-refractivity contribution in [3.63, 3.8) is 0 Å². The lowest BCUT2D eigenvalue weighted by Crippen LogP contribution is -2.18. The largest absolute Gasteiger partial charge is 0.491 e. The number of carboxylic acid groups (broad SMARTS) is 1. The van der Waals surface area contributed by atoms with E-state index in [9.17, 15) is 9.59 Å². The molecule has 3 aromatic rings. The number of rotatable bonds is 15. The summed E-state index contributed by atoms with van der Waals surface area (Å²) < 4.78 is 32.4. The third-order valence-corrected chi connectivity index (χ3v) is 5.27. The number of carbonyl (C=O) groups is 2. The monoisotopic (exact) mass is 584 g/mol. The topological polar surface area (TPSA) is 110 Å². The van der Waals surface area contributed by atoms with Crippen LogP contribution in [0.1, 0.15) is 0 Å². The van der Waals surface area contributed by atoms with E-state index in [0.29, 0.717) is 27.3 Å². The summed E-state index contributed by atoms with van der Waals surface area (Å²) in [7, 11) is 0. The molecule has 0 bridgehead atoms. The Balaban J connectivity index is 1.38. The molecule has 0 saturated heterocycles. The third kappa shape index (κ3) is 10.3. The van der Waals surface area contributed by atoms with Crippen LogP contribution in [0, 0.1) is 0 Å². The molecule has 0 aliphatic rings. The predicted octanol–water partition coefficient (Wildman–Crippen LogP) is 5.92. The molecule has 0 saturated carbocycles. The Kier molecular flexibility index (Phi) is 11.8. The van der Waals surface area contributed by atoms with Gasteiger partial charge >= 0.3 is 11.9 Å². The van der Waals surface area contributed by atoms with Gasteiger partial charge in [0.1, 0.15) is 43.7 Å². The van der Waals surface area contributed by atoms with E-state index < -0.39 is 11.9 Å². The van der Waals surface area contributed by atoms with Crippen LogP contribution in [0.3, 0.4) is 0 Å². The minimum atomic E-state index is -1.03. The van der Waals surface area contributed by atoms with Crippen LogP contribution in [0.25, 0.3) is 0 Å². The van der Waals surface area contributed by atoms with E-state index in [1.54, 1.807) is 48.5 Å². The number of halogens is 3. The second-order valence-corrected chi connectivity index (χ2v) is 8.69. The van der Waals surface area contributed by atoms with Crippen molar-refractivity contribution in [2.45, 2.75) is 0 Å². The number of ether oxygens (including phenoxy) is 6. The van der Waals surface area contributed by atoms with Crippen LogP contribution in [0.4, 0.5) is 0 Å². The zero-order chi connectivity index (χ0) is 27.3. The predicted molar refractivity (Wildman–Crippen MR) is 140 cm³/mol. The molecule has 0 spiro atoms. The molecule has 38 heavy (non-hydrogen) atoms. The van der Waals surface area contributed by atoms with Gasteiger partial charge in [0.05, 0.1) is 18.2 Å². The molecule has 0 aliphatic carbocycles. The van der Waals surface area contributed by atoms with Gasteiger partial charge in [-0.1, -0.05) is 34.8 Å². The summed E-state index contributed by atoms with van der Waals surface area (Å²) in [4.78, 5) is 22.7. The lowest BCUT2D eigenvalue weighted by molar-refractivity contribution is -0.142. The van der Waals surface area contributed by atoms with Gasteiger partial charge in [-0.3, -0.25) is 0 Å². The molecule has 0 heterocycles. The third-order valence-electron chi connectivity index (χ3n) is 4.51. The van der Waals surface area contributed by atoms with E-state index in [0.717, 1.165) is 0 Å². The smallest absolute Gasteiger partial charge is 0.337 e. The molecule has 1 N–H and O–H groups in total. The molecule has 3 aromatic carbocycles. The van der Waals surface area contributed by atoms with Gasteiger partial charge in [-0.2, -0.15) is 0 Å². The summed E-state index contributed by atoms with van der Waals surface area (Å²) in [6, 6.07) is 16.1. The highest BCUT2D eigenvalue weighted by atomic mass is 35.5. The molecular weight excluding hydrogens is 563 g/mol. The van der Waals surface area contributed by atoms with Crippen molar-refractivity contribution in [3.05, 3.63) is 75.7 Å². The number of carboxylic acids is 1. The van der Waals surface area contributed by atoms with Crippen molar-refractivity contribution in [3.8, 4) is 28.7 Å². The van der Waals surface area contributed by atoms with Crippen LogP contribution < -0.4 is 18.9 Å². The fourth-order valence-electron chi connectivity index (χ4n) is 2.86. The first-order chi connectivity index (χ1) is 18.3. The van der Waals surface area contributed by atoms with E-state index in [4.69, 9.17) is 68.3 Å². The highest BCUT2D eigenvalue weighted by Gasteiger charge is 2.14. The van der Waals surface area contributed by atoms with Crippen LogP contribution in [0.5, 0.6) is 28.7 Å². The molecule has 0 unspecified atom stereocenters. The van der Waals surface area contributed by atoms with Gasteiger partial charge in [-0.05, 0) is 54.6 Å². The molecule has 202 valence electrons. The molecule has 0 aliphatic heterocycles. The Morgan fingerprint density at radius 3 is 1.79 bits per heavy atom. The summed E-state index contributed by atoms with van der Waals surface area (Å²) in [6.45, 7) is 0.00577. The Hall–Kier alpha value is -3.21. The average molecular weight is 586 g/mol. The van der Waals surface area contributed by atoms with Gasteiger partial charge < -0.3 is 33.5 Å². The SMILES string of the molecule is O=C(O)COCCOc1ccc(OCCOCC(=O)Oc2cc(Cl)ccc2Oc2ccc(Cl)cc2Cl)cc1. The maximum Gasteiger partial charge on any atom is 0.337 e. The lowest BCUT2D eigenvalue weighted by atomic mass is 10.3. The molecule has 3 rings (SSSR count). The zero-order valence-corrected chi connectivity index (χ0v) is 22.1. The minimum absolute atomic E-state index is 0.101. The molecule has 0 radical (unpaired) electrons.